The summed E-state index contributed by atoms with van der Waals surface area (Å²) < 4.78 is 65.2. The van der Waals surface area contributed by atoms with Gasteiger partial charge in [-0.05, 0) is 31.2 Å². The molecule has 0 atom stereocenters. The van der Waals surface area contributed by atoms with Crippen LogP contribution in [-0.4, -0.2) is 51.1 Å². The average molecular weight is 504 g/mol. The first-order chi connectivity index (χ1) is 16.2. The number of esters is 1. The molecule has 0 aliphatic rings. The van der Waals surface area contributed by atoms with Crippen molar-refractivity contribution in [1.82, 2.24) is 4.98 Å². The minimum atomic E-state index is -4.59. The number of rotatable bonds is 13. The van der Waals surface area contributed by atoms with Gasteiger partial charge in [0.1, 0.15) is 16.5 Å². The zero-order chi connectivity index (χ0) is 25.0. The summed E-state index contributed by atoms with van der Waals surface area (Å²) >= 11 is 5.97. The maximum absolute atomic E-state index is 12.9. The number of pyridine rings is 1. The van der Waals surface area contributed by atoms with Gasteiger partial charge in [-0.25, -0.2) is 9.78 Å². The van der Waals surface area contributed by atoms with Crippen LogP contribution >= 0.6 is 11.6 Å². The van der Waals surface area contributed by atoms with E-state index in [9.17, 15) is 18.0 Å². The van der Waals surface area contributed by atoms with Crippen molar-refractivity contribution in [3.63, 3.8) is 0 Å². The highest BCUT2D eigenvalue weighted by Gasteiger charge is 2.31. The molecule has 0 aliphatic carbocycles. The van der Waals surface area contributed by atoms with Crippen molar-refractivity contribution in [2.45, 2.75) is 19.5 Å². The van der Waals surface area contributed by atoms with Crippen molar-refractivity contribution in [2.24, 2.45) is 0 Å². The lowest BCUT2D eigenvalue weighted by molar-refractivity contribution is -0.138. The van der Waals surface area contributed by atoms with E-state index in [0.29, 0.717) is 50.4 Å². The monoisotopic (exact) mass is 503 g/mol. The van der Waals surface area contributed by atoms with Crippen molar-refractivity contribution in [2.75, 3.05) is 40.1 Å². The minimum Gasteiger partial charge on any atom is -0.493 e. The lowest BCUT2D eigenvalue weighted by Gasteiger charge is -2.13. The highest BCUT2D eigenvalue weighted by Crippen LogP contribution is 2.36. The summed E-state index contributed by atoms with van der Waals surface area (Å²) in [4.78, 5) is 15.4. The third-order valence-electron chi connectivity index (χ3n) is 4.15. The number of halogens is 4. The van der Waals surface area contributed by atoms with Gasteiger partial charge in [0.2, 0.25) is 5.88 Å². The first-order valence-electron chi connectivity index (χ1n) is 10.3. The quantitative estimate of drug-likeness (QED) is 0.201. The number of aromatic nitrogens is 1. The Hall–Kier alpha value is -2.82. The summed E-state index contributed by atoms with van der Waals surface area (Å²) in [5.41, 5.74) is -0.571. The summed E-state index contributed by atoms with van der Waals surface area (Å²) in [5.74, 6) is -0.191. The standard InChI is InChI=1S/C23H25ClF3NO6/c1-3-32-21(29)8-6-16-5-7-18(33-10-4-9-31-12-11-30-2)14-20(16)34-22-19(24)13-17(15-28-22)23(25,26)27/h5-8,13-15H,3-4,9-12H2,1-2H3. The van der Waals surface area contributed by atoms with E-state index in [4.69, 9.17) is 35.3 Å². The SMILES string of the molecule is CCOC(=O)C=Cc1ccc(OCCCOCCOC)cc1Oc1ncc(C(F)(F)F)cc1Cl. The first-order valence-corrected chi connectivity index (χ1v) is 10.7. The molecular weight excluding hydrogens is 479 g/mol. The van der Waals surface area contributed by atoms with E-state index in [1.165, 1.54) is 18.2 Å². The van der Waals surface area contributed by atoms with Gasteiger partial charge in [0, 0.05) is 44.0 Å². The van der Waals surface area contributed by atoms with Crippen LogP contribution < -0.4 is 9.47 Å². The number of alkyl halides is 3. The molecule has 0 fully saturated rings. The van der Waals surface area contributed by atoms with Crippen LogP contribution in [0.4, 0.5) is 13.2 Å². The van der Waals surface area contributed by atoms with Gasteiger partial charge in [0.15, 0.2) is 0 Å². The summed E-state index contributed by atoms with van der Waals surface area (Å²) in [6.07, 6.45) is -0.705. The number of hydrogen-bond donors (Lipinski definition) is 0. The molecule has 0 unspecified atom stereocenters. The molecule has 0 radical (unpaired) electrons. The predicted molar refractivity (Wildman–Crippen MR) is 119 cm³/mol. The zero-order valence-electron chi connectivity index (χ0n) is 18.7. The Bertz CT molecular complexity index is 968. The normalized spacial score (nSPS) is 11.6. The molecule has 186 valence electrons. The Morgan fingerprint density at radius 1 is 1.15 bits per heavy atom. The van der Waals surface area contributed by atoms with Gasteiger partial charge in [0.25, 0.3) is 0 Å². The van der Waals surface area contributed by atoms with Crippen LogP contribution in [0.2, 0.25) is 5.02 Å². The average Bonchev–Trinajstić information content (AvgIpc) is 2.78. The van der Waals surface area contributed by atoms with Gasteiger partial charge in [-0.3, -0.25) is 0 Å². The Morgan fingerprint density at radius 2 is 1.94 bits per heavy atom. The third kappa shape index (κ3) is 9.20. The molecule has 1 aromatic heterocycles. The van der Waals surface area contributed by atoms with Crippen molar-refractivity contribution in [3.8, 4) is 17.4 Å². The van der Waals surface area contributed by atoms with E-state index in [-0.39, 0.29) is 23.3 Å². The fraction of sp³-hybridized carbons (Fsp3) is 0.391. The van der Waals surface area contributed by atoms with Gasteiger partial charge in [0.05, 0.1) is 32.0 Å². The summed E-state index contributed by atoms with van der Waals surface area (Å²) in [5, 5.41) is -0.324. The molecule has 0 amide bonds. The summed E-state index contributed by atoms with van der Waals surface area (Å²) in [7, 11) is 1.59. The van der Waals surface area contributed by atoms with Crippen LogP contribution in [0.15, 0.2) is 36.5 Å². The third-order valence-corrected chi connectivity index (χ3v) is 4.42. The summed E-state index contributed by atoms with van der Waals surface area (Å²) in [6, 6.07) is 5.52. The molecule has 0 saturated carbocycles. The summed E-state index contributed by atoms with van der Waals surface area (Å²) in [6.45, 7) is 3.70. The molecule has 0 spiro atoms. The van der Waals surface area contributed by atoms with Gasteiger partial charge < -0.3 is 23.7 Å². The maximum Gasteiger partial charge on any atom is 0.417 e. The van der Waals surface area contributed by atoms with Gasteiger partial charge in [-0.15, -0.1) is 0 Å². The number of carbonyl (C=O) groups excluding carboxylic acids is 1. The Labute approximate surface area is 200 Å². The van der Waals surface area contributed by atoms with E-state index in [1.54, 1.807) is 26.2 Å². The predicted octanol–water partition coefficient (Wildman–Crippen LogP) is 5.55. The van der Waals surface area contributed by atoms with Crippen molar-refractivity contribution >= 4 is 23.6 Å². The van der Waals surface area contributed by atoms with Crippen LogP contribution in [0.3, 0.4) is 0 Å². The van der Waals surface area contributed by atoms with Crippen molar-refractivity contribution < 1.29 is 41.7 Å². The van der Waals surface area contributed by atoms with E-state index in [1.807, 2.05) is 0 Å². The lowest BCUT2D eigenvalue weighted by atomic mass is 10.1. The molecule has 2 aromatic rings. The highest BCUT2D eigenvalue weighted by molar-refractivity contribution is 6.31. The Balaban J connectivity index is 2.18. The smallest absolute Gasteiger partial charge is 0.417 e. The number of methoxy groups -OCH3 is 1. The molecule has 0 N–H and O–H groups in total. The molecule has 11 heteroatoms. The van der Waals surface area contributed by atoms with Crippen LogP contribution in [0, 0.1) is 0 Å². The second kappa shape index (κ2) is 13.8. The maximum atomic E-state index is 12.9. The number of ether oxygens (including phenoxy) is 5. The molecule has 0 aliphatic heterocycles. The fourth-order valence-electron chi connectivity index (χ4n) is 2.53. The topological polar surface area (TPSA) is 76.1 Å². The van der Waals surface area contributed by atoms with Gasteiger partial charge in [-0.1, -0.05) is 11.6 Å². The van der Waals surface area contributed by atoms with E-state index >= 15 is 0 Å². The Kier molecular flexibility index (Phi) is 11.1. The van der Waals surface area contributed by atoms with Gasteiger partial charge in [-0.2, -0.15) is 13.2 Å². The van der Waals surface area contributed by atoms with Crippen LogP contribution in [-0.2, 0) is 25.2 Å². The molecule has 2 rings (SSSR count). The fourth-order valence-corrected chi connectivity index (χ4v) is 2.74. The molecule has 0 bridgehead atoms. The zero-order valence-corrected chi connectivity index (χ0v) is 19.4. The molecule has 7 nitrogen and oxygen atoms in total. The first kappa shape index (κ1) is 27.4. The molecule has 34 heavy (non-hydrogen) atoms. The molecule has 0 saturated heterocycles. The minimum absolute atomic E-state index is 0.170. The largest absolute Gasteiger partial charge is 0.493 e. The number of hydrogen-bond acceptors (Lipinski definition) is 7. The number of carbonyl (C=O) groups is 1. The van der Waals surface area contributed by atoms with Crippen LogP contribution in [0.5, 0.6) is 17.4 Å². The van der Waals surface area contributed by atoms with Crippen molar-refractivity contribution in [3.05, 3.63) is 52.7 Å². The second-order valence-electron chi connectivity index (χ2n) is 6.70. The van der Waals surface area contributed by atoms with Crippen molar-refractivity contribution in [1.29, 1.82) is 0 Å². The molecule has 1 heterocycles. The second-order valence-corrected chi connectivity index (χ2v) is 7.11. The van der Waals surface area contributed by atoms with E-state index in [2.05, 4.69) is 4.98 Å². The number of benzene rings is 1. The van der Waals surface area contributed by atoms with Gasteiger partial charge >= 0.3 is 12.1 Å². The van der Waals surface area contributed by atoms with E-state index < -0.39 is 17.7 Å². The Morgan fingerprint density at radius 3 is 2.62 bits per heavy atom. The number of nitrogens with zero attached hydrogens (tertiary/aromatic N) is 1. The molecule has 1 aromatic carbocycles. The molecular formula is C23H25ClF3NO6. The highest BCUT2D eigenvalue weighted by atomic mass is 35.5. The van der Waals surface area contributed by atoms with Crippen LogP contribution in [0.25, 0.3) is 6.08 Å². The van der Waals surface area contributed by atoms with Crippen LogP contribution in [0.1, 0.15) is 24.5 Å². The van der Waals surface area contributed by atoms with E-state index in [0.717, 1.165) is 6.07 Å². The lowest BCUT2D eigenvalue weighted by Crippen LogP contribution is -2.07.